The molecule has 2 aromatic rings. The van der Waals surface area contributed by atoms with E-state index in [0.717, 1.165) is 44.2 Å². The summed E-state index contributed by atoms with van der Waals surface area (Å²) in [5.41, 5.74) is 3.74. The maximum atomic E-state index is 12.0. The molecule has 3 nitrogen and oxygen atoms in total. The largest absolute Gasteiger partial charge is 0.496 e. The van der Waals surface area contributed by atoms with E-state index in [4.69, 9.17) is 4.74 Å². The highest BCUT2D eigenvalue weighted by Gasteiger charge is 2.15. The van der Waals surface area contributed by atoms with Crippen molar-refractivity contribution >= 4 is 26.8 Å². The Bertz CT molecular complexity index is 674. The molecule has 18 heavy (non-hydrogen) atoms. The molecule has 1 N–H and O–H groups in total. The third-order valence-corrected chi connectivity index (χ3v) is 4.13. The lowest BCUT2D eigenvalue weighted by Gasteiger charge is -2.14. The lowest BCUT2D eigenvalue weighted by Crippen LogP contribution is -2.15. The van der Waals surface area contributed by atoms with Crippen LogP contribution in [0.15, 0.2) is 15.3 Å². The van der Waals surface area contributed by atoms with Gasteiger partial charge in [-0.25, -0.2) is 0 Å². The average molecular weight is 310 g/mol. The van der Waals surface area contributed by atoms with E-state index in [1.807, 2.05) is 26.8 Å². The number of hydrogen-bond acceptors (Lipinski definition) is 2. The van der Waals surface area contributed by atoms with Crippen LogP contribution in [-0.4, -0.2) is 12.1 Å². The Morgan fingerprint density at radius 3 is 2.61 bits per heavy atom. The topological polar surface area (TPSA) is 42.1 Å². The zero-order valence-corrected chi connectivity index (χ0v) is 12.6. The minimum absolute atomic E-state index is 0.00247. The molecule has 1 aromatic heterocycles. The molecule has 0 atom stereocenters. The Morgan fingerprint density at radius 2 is 2.06 bits per heavy atom. The molecule has 1 aromatic carbocycles. The molecule has 0 aliphatic heterocycles. The molecule has 0 radical (unpaired) electrons. The smallest absolute Gasteiger partial charge is 0.251 e. The van der Waals surface area contributed by atoms with Gasteiger partial charge in [0.05, 0.1) is 17.1 Å². The molecule has 2 rings (SSSR count). The number of pyridine rings is 1. The van der Waals surface area contributed by atoms with Crippen LogP contribution in [0.2, 0.25) is 0 Å². The third-order valence-electron chi connectivity index (χ3n) is 3.34. The van der Waals surface area contributed by atoms with Gasteiger partial charge >= 0.3 is 0 Å². The van der Waals surface area contributed by atoms with E-state index in [0.29, 0.717) is 0 Å². The summed E-state index contributed by atoms with van der Waals surface area (Å²) in [5, 5.41) is 1.03. The van der Waals surface area contributed by atoms with Gasteiger partial charge in [0.1, 0.15) is 5.75 Å². The predicted molar refractivity (Wildman–Crippen MR) is 77.7 cm³/mol. The summed E-state index contributed by atoms with van der Waals surface area (Å²) in [6.45, 7) is 5.95. The first-order valence-corrected chi connectivity index (χ1v) is 6.69. The Hall–Kier alpha value is -1.29. The summed E-state index contributed by atoms with van der Waals surface area (Å²) in [5.74, 6) is 0.789. The minimum Gasteiger partial charge on any atom is -0.496 e. The highest BCUT2D eigenvalue weighted by Crippen LogP contribution is 2.36. The van der Waals surface area contributed by atoms with Gasteiger partial charge in [0.15, 0.2) is 0 Å². The molecule has 96 valence electrons. The maximum absolute atomic E-state index is 12.0. The number of benzene rings is 1. The number of aryl methyl sites for hydroxylation is 2. The Morgan fingerprint density at radius 1 is 1.39 bits per heavy atom. The predicted octanol–water partition coefficient (Wildman–Crippen LogP) is 3.48. The zero-order chi connectivity index (χ0) is 13.4. The third kappa shape index (κ3) is 1.85. The van der Waals surface area contributed by atoms with Crippen molar-refractivity contribution in [2.75, 3.05) is 7.11 Å². The van der Waals surface area contributed by atoms with E-state index in [1.165, 1.54) is 0 Å². The summed E-state index contributed by atoms with van der Waals surface area (Å²) in [6.07, 6.45) is 0.722. The quantitative estimate of drug-likeness (QED) is 0.923. The summed E-state index contributed by atoms with van der Waals surface area (Å²) in [7, 11) is 1.65. The molecule has 0 fully saturated rings. The summed E-state index contributed by atoms with van der Waals surface area (Å²) < 4.78 is 6.25. The standard InChI is InChI=1S/C14H16BrNO2/c1-5-9-8(3)11-12(15)10(18-4)6-7(2)13(11)16-14(9)17/h6H,5H2,1-4H3,(H,16,17). The maximum Gasteiger partial charge on any atom is 0.251 e. The van der Waals surface area contributed by atoms with Crippen LogP contribution >= 0.6 is 15.9 Å². The number of rotatable bonds is 2. The van der Waals surface area contributed by atoms with Crippen LogP contribution in [0.4, 0.5) is 0 Å². The molecule has 0 bridgehead atoms. The number of H-pyrrole nitrogens is 1. The van der Waals surface area contributed by atoms with Gasteiger partial charge in [-0.2, -0.15) is 0 Å². The number of ether oxygens (including phenoxy) is 1. The summed E-state index contributed by atoms with van der Waals surface area (Å²) >= 11 is 3.57. The highest BCUT2D eigenvalue weighted by molar-refractivity contribution is 9.10. The SMILES string of the molecule is CCc1c(C)c2c(Br)c(OC)cc(C)c2[nH]c1=O. The van der Waals surface area contributed by atoms with Crippen molar-refractivity contribution in [3.8, 4) is 5.75 Å². The number of aromatic nitrogens is 1. The molecule has 0 saturated heterocycles. The van der Waals surface area contributed by atoms with Gasteiger partial charge in [0, 0.05) is 10.9 Å². The van der Waals surface area contributed by atoms with Crippen LogP contribution in [0.25, 0.3) is 10.9 Å². The second-order valence-electron chi connectivity index (χ2n) is 4.37. The normalized spacial score (nSPS) is 10.9. The molecule has 0 spiro atoms. The van der Waals surface area contributed by atoms with Crippen LogP contribution < -0.4 is 10.3 Å². The molecular weight excluding hydrogens is 294 g/mol. The second-order valence-corrected chi connectivity index (χ2v) is 5.16. The van der Waals surface area contributed by atoms with Gasteiger partial charge in [-0.05, 0) is 53.4 Å². The van der Waals surface area contributed by atoms with Gasteiger partial charge in [0.2, 0.25) is 0 Å². The first kappa shape index (κ1) is 13.1. The van der Waals surface area contributed by atoms with Crippen LogP contribution in [0.3, 0.4) is 0 Å². The van der Waals surface area contributed by atoms with Crippen molar-refractivity contribution in [3.63, 3.8) is 0 Å². The number of methoxy groups -OCH3 is 1. The monoisotopic (exact) mass is 309 g/mol. The molecule has 0 unspecified atom stereocenters. The van der Waals surface area contributed by atoms with Crippen molar-refractivity contribution in [3.05, 3.63) is 37.6 Å². The van der Waals surface area contributed by atoms with E-state index in [-0.39, 0.29) is 5.56 Å². The lowest BCUT2D eigenvalue weighted by atomic mass is 10.0. The molecule has 4 heteroatoms. The fourth-order valence-corrected chi connectivity index (χ4v) is 3.13. The van der Waals surface area contributed by atoms with Crippen LogP contribution in [0.5, 0.6) is 5.75 Å². The van der Waals surface area contributed by atoms with Crippen LogP contribution in [0.1, 0.15) is 23.6 Å². The van der Waals surface area contributed by atoms with E-state index >= 15 is 0 Å². The first-order chi connectivity index (χ1) is 8.51. The Labute approximate surface area is 114 Å². The van der Waals surface area contributed by atoms with Crippen molar-refractivity contribution in [1.82, 2.24) is 4.98 Å². The number of aromatic amines is 1. The molecule has 0 aliphatic rings. The van der Waals surface area contributed by atoms with Gasteiger partial charge in [0.25, 0.3) is 5.56 Å². The summed E-state index contributed by atoms with van der Waals surface area (Å²) in [4.78, 5) is 15.0. The Balaban J connectivity index is 3.03. The van der Waals surface area contributed by atoms with E-state index in [9.17, 15) is 4.79 Å². The fraction of sp³-hybridized carbons (Fsp3) is 0.357. The van der Waals surface area contributed by atoms with Crippen molar-refractivity contribution in [2.24, 2.45) is 0 Å². The number of halogens is 1. The molecule has 0 aliphatic carbocycles. The van der Waals surface area contributed by atoms with Crippen molar-refractivity contribution in [1.29, 1.82) is 0 Å². The minimum atomic E-state index is 0.00247. The average Bonchev–Trinajstić information content (AvgIpc) is 2.33. The second kappa shape index (κ2) is 4.76. The molecule has 0 amide bonds. The van der Waals surface area contributed by atoms with Crippen LogP contribution in [-0.2, 0) is 6.42 Å². The fourth-order valence-electron chi connectivity index (χ4n) is 2.36. The molecular formula is C14H16BrNO2. The highest BCUT2D eigenvalue weighted by atomic mass is 79.9. The first-order valence-electron chi connectivity index (χ1n) is 5.89. The zero-order valence-electron chi connectivity index (χ0n) is 11.0. The number of fused-ring (bicyclic) bond motifs is 1. The molecule has 0 saturated carbocycles. The van der Waals surface area contributed by atoms with Gasteiger partial charge in [-0.3, -0.25) is 4.79 Å². The van der Waals surface area contributed by atoms with Crippen LogP contribution in [0, 0.1) is 13.8 Å². The van der Waals surface area contributed by atoms with E-state index < -0.39 is 0 Å². The lowest BCUT2D eigenvalue weighted by molar-refractivity contribution is 0.412. The van der Waals surface area contributed by atoms with E-state index in [2.05, 4.69) is 20.9 Å². The molecule has 1 heterocycles. The van der Waals surface area contributed by atoms with Gasteiger partial charge in [-0.15, -0.1) is 0 Å². The number of hydrogen-bond donors (Lipinski definition) is 1. The summed E-state index contributed by atoms with van der Waals surface area (Å²) in [6, 6.07) is 1.92. The number of nitrogens with one attached hydrogen (secondary N) is 1. The van der Waals surface area contributed by atoms with E-state index in [1.54, 1.807) is 7.11 Å². The van der Waals surface area contributed by atoms with Crippen molar-refractivity contribution in [2.45, 2.75) is 27.2 Å². The Kier molecular flexibility index (Phi) is 3.48. The van der Waals surface area contributed by atoms with Crippen molar-refractivity contribution < 1.29 is 4.74 Å². The van der Waals surface area contributed by atoms with Gasteiger partial charge in [-0.1, -0.05) is 6.92 Å². The van der Waals surface area contributed by atoms with Gasteiger partial charge < -0.3 is 9.72 Å².